The van der Waals surface area contributed by atoms with Crippen molar-refractivity contribution in [3.63, 3.8) is 0 Å². The smallest absolute Gasteiger partial charge is 0.377 e. The van der Waals surface area contributed by atoms with Gasteiger partial charge in [0.2, 0.25) is 0 Å². The van der Waals surface area contributed by atoms with Crippen LogP contribution in [0.25, 0.3) is 0 Å². The van der Waals surface area contributed by atoms with Crippen LogP contribution in [0.15, 0.2) is 18.2 Å². The van der Waals surface area contributed by atoms with E-state index in [0.29, 0.717) is 12.8 Å². The first kappa shape index (κ1) is 16.4. The average molecular weight is 325 g/mol. The van der Waals surface area contributed by atoms with E-state index in [2.05, 4.69) is 5.32 Å². The van der Waals surface area contributed by atoms with Crippen LogP contribution in [0.3, 0.4) is 0 Å². The Labute approximate surface area is 125 Å². The molecule has 3 N–H and O–H groups in total. The van der Waals surface area contributed by atoms with Crippen LogP contribution >= 0.6 is 11.6 Å². The number of anilines is 1. The van der Waals surface area contributed by atoms with Crippen molar-refractivity contribution in [1.29, 1.82) is 0 Å². The molecule has 1 aromatic rings. The highest BCUT2D eigenvalue weighted by Crippen LogP contribution is 2.43. The molecule has 1 aliphatic rings. The molecule has 0 saturated heterocycles. The van der Waals surface area contributed by atoms with E-state index in [-0.39, 0.29) is 30.1 Å². The summed E-state index contributed by atoms with van der Waals surface area (Å²) in [5.74, 6) is -1.90. The Bertz CT molecular complexity index is 506. The molecule has 0 heterocycles. The number of alkyl halides is 3. The molecule has 2 atom stereocenters. The molecule has 1 aliphatic carbocycles. The lowest BCUT2D eigenvalue weighted by atomic mass is 9.75. The third kappa shape index (κ3) is 3.80. The number of hydrogen-bond acceptors (Lipinski definition) is 2. The van der Waals surface area contributed by atoms with Crippen molar-refractivity contribution in [2.24, 2.45) is 11.7 Å². The van der Waals surface area contributed by atoms with Gasteiger partial charge < -0.3 is 11.1 Å². The molecule has 0 aliphatic heterocycles. The van der Waals surface area contributed by atoms with Crippen molar-refractivity contribution >= 4 is 17.3 Å². The van der Waals surface area contributed by atoms with Gasteiger partial charge in [-0.15, -0.1) is 0 Å². The van der Waals surface area contributed by atoms with Crippen molar-refractivity contribution in [2.45, 2.75) is 37.4 Å². The predicted molar refractivity (Wildman–Crippen MR) is 74.8 cm³/mol. The lowest BCUT2D eigenvalue weighted by molar-refractivity contribution is -0.185. The fraction of sp³-hybridized carbons (Fsp3) is 0.571. The average Bonchev–Trinajstić information content (AvgIpc) is 2.42. The summed E-state index contributed by atoms with van der Waals surface area (Å²) in [5, 5.41) is 3.22. The first-order chi connectivity index (χ1) is 9.76. The van der Waals surface area contributed by atoms with E-state index >= 15 is 0 Å². The third-order valence-corrected chi connectivity index (χ3v) is 4.36. The summed E-state index contributed by atoms with van der Waals surface area (Å²) in [5.41, 5.74) is 5.09. The van der Waals surface area contributed by atoms with Crippen LogP contribution < -0.4 is 11.1 Å². The largest absolute Gasteiger partial charge is 0.391 e. The van der Waals surface area contributed by atoms with Crippen LogP contribution in [0, 0.1) is 11.7 Å². The molecular formula is C14H17ClF4N2. The summed E-state index contributed by atoms with van der Waals surface area (Å²) in [6.07, 6.45) is -3.35. The molecule has 118 valence electrons. The highest BCUT2D eigenvalue weighted by Gasteiger charge is 2.47. The summed E-state index contributed by atoms with van der Waals surface area (Å²) in [6, 6.07) is 3.74. The minimum Gasteiger partial charge on any atom is -0.377 e. The normalized spacial score (nSPS) is 26.7. The van der Waals surface area contributed by atoms with E-state index in [1.54, 1.807) is 0 Å². The fourth-order valence-corrected chi connectivity index (χ4v) is 3.04. The fourth-order valence-electron chi connectivity index (χ4n) is 2.87. The lowest BCUT2D eigenvalue weighted by Gasteiger charge is -2.42. The Morgan fingerprint density at radius 1 is 1.38 bits per heavy atom. The van der Waals surface area contributed by atoms with Crippen LogP contribution in [-0.4, -0.2) is 18.3 Å². The first-order valence-electron chi connectivity index (χ1n) is 6.76. The second-order valence-corrected chi connectivity index (χ2v) is 5.98. The zero-order valence-electron chi connectivity index (χ0n) is 11.3. The number of benzene rings is 1. The Balaban J connectivity index is 2.23. The SMILES string of the molecule is NCC1(Nc2cc(F)ccc2Cl)CCCC(C(F)(F)F)C1. The molecule has 1 fully saturated rings. The second kappa shape index (κ2) is 6.01. The molecular weight excluding hydrogens is 308 g/mol. The van der Waals surface area contributed by atoms with E-state index in [4.69, 9.17) is 17.3 Å². The van der Waals surface area contributed by atoms with E-state index in [1.165, 1.54) is 18.2 Å². The second-order valence-electron chi connectivity index (χ2n) is 5.57. The first-order valence-corrected chi connectivity index (χ1v) is 7.13. The third-order valence-electron chi connectivity index (χ3n) is 4.03. The summed E-state index contributed by atoms with van der Waals surface area (Å²) in [6.45, 7) is 0.0341. The van der Waals surface area contributed by atoms with Gasteiger partial charge in [-0.2, -0.15) is 13.2 Å². The number of nitrogens with one attached hydrogen (secondary N) is 1. The van der Waals surface area contributed by atoms with Gasteiger partial charge in [0.15, 0.2) is 0 Å². The Hall–Kier alpha value is -1.01. The molecule has 0 bridgehead atoms. The number of halogens is 5. The van der Waals surface area contributed by atoms with E-state index in [1.807, 2.05) is 0 Å². The monoisotopic (exact) mass is 324 g/mol. The predicted octanol–water partition coefficient (Wildman–Crippen LogP) is 4.34. The van der Waals surface area contributed by atoms with E-state index < -0.39 is 23.5 Å². The van der Waals surface area contributed by atoms with Crippen molar-refractivity contribution < 1.29 is 17.6 Å². The number of hydrogen-bond donors (Lipinski definition) is 2. The molecule has 0 amide bonds. The molecule has 2 unspecified atom stereocenters. The van der Waals surface area contributed by atoms with Gasteiger partial charge >= 0.3 is 6.18 Å². The van der Waals surface area contributed by atoms with Crippen molar-refractivity contribution in [3.05, 3.63) is 29.0 Å². The Morgan fingerprint density at radius 3 is 2.71 bits per heavy atom. The summed E-state index contributed by atoms with van der Waals surface area (Å²) in [7, 11) is 0. The molecule has 0 radical (unpaired) electrons. The van der Waals surface area contributed by atoms with Crippen LogP contribution in [0.5, 0.6) is 0 Å². The minimum absolute atomic E-state index is 0.0341. The maximum atomic E-state index is 13.3. The zero-order chi connectivity index (χ0) is 15.7. The van der Waals surface area contributed by atoms with Crippen LogP contribution in [0.2, 0.25) is 5.02 Å². The summed E-state index contributed by atoms with van der Waals surface area (Å²) >= 11 is 5.97. The maximum absolute atomic E-state index is 13.3. The van der Waals surface area contributed by atoms with Gasteiger partial charge in [-0.25, -0.2) is 4.39 Å². The highest BCUT2D eigenvalue weighted by atomic mass is 35.5. The molecule has 2 rings (SSSR count). The molecule has 0 spiro atoms. The Morgan fingerprint density at radius 2 is 2.10 bits per heavy atom. The number of nitrogens with two attached hydrogens (primary N) is 1. The quantitative estimate of drug-likeness (QED) is 0.812. The van der Waals surface area contributed by atoms with Gasteiger partial charge in [-0.05, 0) is 37.5 Å². The standard InChI is InChI=1S/C14H17ClF4N2/c15-11-4-3-10(16)6-12(11)21-13(8-20)5-1-2-9(7-13)14(17,18)19/h3-4,6,9,21H,1-2,5,7-8,20H2. The van der Waals surface area contributed by atoms with Crippen LogP contribution in [0.4, 0.5) is 23.2 Å². The van der Waals surface area contributed by atoms with Gasteiger partial charge in [-0.3, -0.25) is 0 Å². The van der Waals surface area contributed by atoms with Gasteiger partial charge in [-0.1, -0.05) is 18.0 Å². The van der Waals surface area contributed by atoms with Crippen molar-refractivity contribution in [1.82, 2.24) is 0 Å². The molecule has 7 heteroatoms. The van der Waals surface area contributed by atoms with E-state index in [9.17, 15) is 17.6 Å². The molecule has 2 nitrogen and oxygen atoms in total. The Kier molecular flexibility index (Phi) is 4.68. The molecule has 1 saturated carbocycles. The summed E-state index contributed by atoms with van der Waals surface area (Å²) < 4.78 is 52.1. The molecule has 21 heavy (non-hydrogen) atoms. The van der Waals surface area contributed by atoms with Gasteiger partial charge in [0.1, 0.15) is 5.82 Å². The van der Waals surface area contributed by atoms with Gasteiger partial charge in [0.25, 0.3) is 0 Å². The lowest BCUT2D eigenvalue weighted by Crippen LogP contribution is -2.51. The molecule has 1 aromatic carbocycles. The van der Waals surface area contributed by atoms with Crippen LogP contribution in [0.1, 0.15) is 25.7 Å². The summed E-state index contributed by atoms with van der Waals surface area (Å²) in [4.78, 5) is 0. The maximum Gasteiger partial charge on any atom is 0.391 e. The molecule has 0 aromatic heterocycles. The minimum atomic E-state index is -4.24. The van der Waals surface area contributed by atoms with Gasteiger partial charge in [0.05, 0.1) is 22.2 Å². The number of rotatable bonds is 3. The van der Waals surface area contributed by atoms with Crippen molar-refractivity contribution in [2.75, 3.05) is 11.9 Å². The highest BCUT2D eigenvalue weighted by molar-refractivity contribution is 6.33. The van der Waals surface area contributed by atoms with Crippen molar-refractivity contribution in [3.8, 4) is 0 Å². The van der Waals surface area contributed by atoms with Crippen LogP contribution in [-0.2, 0) is 0 Å². The van der Waals surface area contributed by atoms with E-state index in [0.717, 1.165) is 0 Å². The zero-order valence-corrected chi connectivity index (χ0v) is 12.1. The van der Waals surface area contributed by atoms with Gasteiger partial charge in [0, 0.05) is 6.54 Å². The topological polar surface area (TPSA) is 38.0 Å².